The van der Waals surface area contributed by atoms with E-state index in [2.05, 4.69) is 27.6 Å². The zero-order valence-corrected chi connectivity index (χ0v) is 13.9. The lowest BCUT2D eigenvalue weighted by Gasteiger charge is -2.09. The maximum absolute atomic E-state index is 5.81. The number of aromatic nitrogens is 2. The van der Waals surface area contributed by atoms with Crippen LogP contribution in [-0.4, -0.2) is 9.97 Å². The molecule has 0 atom stereocenters. The highest BCUT2D eigenvalue weighted by molar-refractivity contribution is 7.17. The van der Waals surface area contributed by atoms with Gasteiger partial charge in [-0.1, -0.05) is 18.2 Å². The maximum Gasteiger partial charge on any atom is 0.142 e. The van der Waals surface area contributed by atoms with Crippen molar-refractivity contribution in [1.29, 1.82) is 0 Å². The summed E-state index contributed by atoms with van der Waals surface area (Å²) in [5.41, 5.74) is 2.14. The Hall–Kier alpha value is -2.92. The minimum absolute atomic E-state index is 0.797. The fraction of sp³-hybridized carbons (Fsp3) is 0.0526. The summed E-state index contributed by atoms with van der Waals surface area (Å²) in [6, 6.07) is 17.6. The van der Waals surface area contributed by atoms with Crippen LogP contribution in [0.2, 0.25) is 0 Å². The molecule has 4 nitrogen and oxygen atoms in total. The third-order valence-electron chi connectivity index (χ3n) is 3.65. The van der Waals surface area contributed by atoms with Crippen LogP contribution in [0.15, 0.2) is 66.3 Å². The number of aryl methyl sites for hydroxylation is 1. The van der Waals surface area contributed by atoms with Crippen molar-refractivity contribution in [3.05, 3.63) is 71.9 Å². The van der Waals surface area contributed by atoms with Crippen LogP contribution in [0.5, 0.6) is 11.5 Å². The van der Waals surface area contributed by atoms with Crippen LogP contribution < -0.4 is 10.1 Å². The van der Waals surface area contributed by atoms with Gasteiger partial charge in [0.2, 0.25) is 0 Å². The number of thiophene rings is 1. The molecule has 0 amide bonds. The van der Waals surface area contributed by atoms with Crippen molar-refractivity contribution in [1.82, 2.24) is 9.97 Å². The van der Waals surface area contributed by atoms with Crippen LogP contribution in [0.3, 0.4) is 0 Å². The molecule has 0 aliphatic heterocycles. The summed E-state index contributed by atoms with van der Waals surface area (Å²) in [5.74, 6) is 2.45. The van der Waals surface area contributed by atoms with Crippen molar-refractivity contribution in [3.63, 3.8) is 0 Å². The van der Waals surface area contributed by atoms with Gasteiger partial charge in [0.1, 0.15) is 28.5 Å². The zero-order valence-electron chi connectivity index (χ0n) is 13.1. The lowest BCUT2D eigenvalue weighted by Crippen LogP contribution is -1.95. The number of benzene rings is 2. The van der Waals surface area contributed by atoms with Crippen LogP contribution in [0.25, 0.3) is 10.2 Å². The van der Waals surface area contributed by atoms with E-state index in [-0.39, 0.29) is 0 Å². The normalized spacial score (nSPS) is 10.7. The summed E-state index contributed by atoms with van der Waals surface area (Å²) in [6.45, 7) is 2.07. The second-order valence-corrected chi connectivity index (χ2v) is 6.24. The summed E-state index contributed by atoms with van der Waals surface area (Å²) in [5, 5.41) is 6.54. The Bertz CT molecular complexity index is 965. The molecule has 0 saturated carbocycles. The Morgan fingerprint density at radius 2 is 1.67 bits per heavy atom. The summed E-state index contributed by atoms with van der Waals surface area (Å²) >= 11 is 1.63. The number of nitrogens with zero attached hydrogens (tertiary/aromatic N) is 2. The zero-order chi connectivity index (χ0) is 16.4. The minimum atomic E-state index is 0.797. The van der Waals surface area contributed by atoms with Crippen LogP contribution in [0.1, 0.15) is 5.56 Å². The number of nitrogens with one attached hydrogen (secondary N) is 1. The van der Waals surface area contributed by atoms with E-state index in [1.807, 2.05) is 54.6 Å². The van der Waals surface area contributed by atoms with Gasteiger partial charge in [-0.3, -0.25) is 0 Å². The van der Waals surface area contributed by atoms with E-state index in [0.29, 0.717) is 0 Å². The van der Waals surface area contributed by atoms with E-state index in [1.54, 1.807) is 17.7 Å². The molecule has 0 saturated heterocycles. The summed E-state index contributed by atoms with van der Waals surface area (Å²) in [6.07, 6.45) is 1.59. The third kappa shape index (κ3) is 2.94. The second kappa shape index (κ2) is 6.29. The molecule has 1 N–H and O–H groups in total. The third-order valence-corrected chi connectivity index (χ3v) is 4.65. The molecule has 2 aromatic heterocycles. The Kier molecular flexibility index (Phi) is 3.84. The van der Waals surface area contributed by atoms with E-state index in [4.69, 9.17) is 4.74 Å². The molecule has 24 heavy (non-hydrogen) atoms. The lowest BCUT2D eigenvalue weighted by atomic mass is 10.2. The van der Waals surface area contributed by atoms with Gasteiger partial charge in [0, 0.05) is 5.69 Å². The van der Waals surface area contributed by atoms with Gasteiger partial charge in [0.25, 0.3) is 0 Å². The molecule has 0 radical (unpaired) electrons. The number of fused-ring (bicyclic) bond motifs is 1. The Morgan fingerprint density at radius 3 is 2.46 bits per heavy atom. The van der Waals surface area contributed by atoms with Gasteiger partial charge < -0.3 is 10.1 Å². The number of para-hydroxylation sites is 1. The summed E-state index contributed by atoms with van der Waals surface area (Å²) in [7, 11) is 0. The molecule has 0 aliphatic rings. The fourth-order valence-electron chi connectivity index (χ4n) is 2.48. The average Bonchev–Trinajstić information content (AvgIpc) is 3.00. The molecule has 0 spiro atoms. The van der Waals surface area contributed by atoms with Gasteiger partial charge in [-0.25, -0.2) is 9.97 Å². The molecular formula is C19H15N3OS. The van der Waals surface area contributed by atoms with Crippen molar-refractivity contribution in [2.45, 2.75) is 6.92 Å². The SMILES string of the molecule is Cc1csc2ncnc(Nc3ccc(Oc4ccccc4)cc3)c12. The standard InChI is InChI=1S/C19H15N3OS/c1-13-11-24-19-17(13)18(20-12-21-19)22-14-7-9-16(10-8-14)23-15-5-3-2-4-6-15/h2-12H,1H3,(H,20,21,22). The van der Waals surface area contributed by atoms with Gasteiger partial charge in [-0.05, 0) is 54.3 Å². The molecule has 4 rings (SSSR count). The highest BCUT2D eigenvalue weighted by atomic mass is 32.1. The summed E-state index contributed by atoms with van der Waals surface area (Å²) in [4.78, 5) is 9.69. The Labute approximate surface area is 143 Å². The predicted molar refractivity (Wildman–Crippen MR) is 98.4 cm³/mol. The second-order valence-electron chi connectivity index (χ2n) is 5.39. The highest BCUT2D eigenvalue weighted by Gasteiger charge is 2.08. The first-order valence-corrected chi connectivity index (χ1v) is 8.46. The summed E-state index contributed by atoms with van der Waals surface area (Å²) < 4.78 is 5.81. The Balaban J connectivity index is 1.56. The Morgan fingerprint density at radius 1 is 0.917 bits per heavy atom. The van der Waals surface area contributed by atoms with E-state index in [1.165, 1.54) is 5.56 Å². The van der Waals surface area contributed by atoms with Crippen molar-refractivity contribution in [2.24, 2.45) is 0 Å². The molecule has 2 aromatic carbocycles. The van der Waals surface area contributed by atoms with Crippen LogP contribution in [-0.2, 0) is 0 Å². The first-order chi connectivity index (χ1) is 11.8. The first-order valence-electron chi connectivity index (χ1n) is 7.58. The quantitative estimate of drug-likeness (QED) is 0.533. The molecule has 2 heterocycles. The van der Waals surface area contributed by atoms with E-state index in [0.717, 1.165) is 33.2 Å². The molecule has 0 aliphatic carbocycles. The monoisotopic (exact) mass is 333 g/mol. The van der Waals surface area contributed by atoms with Gasteiger partial charge in [0.15, 0.2) is 0 Å². The van der Waals surface area contributed by atoms with Crippen LogP contribution in [0, 0.1) is 6.92 Å². The number of anilines is 2. The molecule has 0 fully saturated rings. The van der Waals surface area contributed by atoms with E-state index in [9.17, 15) is 0 Å². The van der Waals surface area contributed by atoms with E-state index >= 15 is 0 Å². The molecule has 5 heteroatoms. The average molecular weight is 333 g/mol. The van der Waals surface area contributed by atoms with Gasteiger partial charge >= 0.3 is 0 Å². The van der Waals surface area contributed by atoms with Crippen LogP contribution in [0.4, 0.5) is 11.5 Å². The molecule has 118 valence electrons. The number of hydrogen-bond acceptors (Lipinski definition) is 5. The van der Waals surface area contributed by atoms with Crippen molar-refractivity contribution in [3.8, 4) is 11.5 Å². The molecule has 4 aromatic rings. The highest BCUT2D eigenvalue weighted by Crippen LogP contribution is 2.31. The number of ether oxygens (including phenoxy) is 1. The van der Waals surface area contributed by atoms with Gasteiger partial charge in [0.05, 0.1) is 5.39 Å². The van der Waals surface area contributed by atoms with Gasteiger partial charge in [-0.2, -0.15) is 0 Å². The van der Waals surface area contributed by atoms with Crippen molar-refractivity contribution >= 4 is 33.1 Å². The van der Waals surface area contributed by atoms with Crippen molar-refractivity contribution < 1.29 is 4.74 Å². The topological polar surface area (TPSA) is 47.0 Å². The fourth-order valence-corrected chi connectivity index (χ4v) is 3.37. The predicted octanol–water partition coefficient (Wildman–Crippen LogP) is 5.54. The molecule has 0 bridgehead atoms. The minimum Gasteiger partial charge on any atom is -0.457 e. The first kappa shape index (κ1) is 14.7. The molecule has 0 unspecified atom stereocenters. The van der Waals surface area contributed by atoms with Gasteiger partial charge in [-0.15, -0.1) is 11.3 Å². The largest absolute Gasteiger partial charge is 0.457 e. The smallest absolute Gasteiger partial charge is 0.142 e. The van der Waals surface area contributed by atoms with Crippen molar-refractivity contribution in [2.75, 3.05) is 5.32 Å². The maximum atomic E-state index is 5.81. The molecular weight excluding hydrogens is 318 g/mol. The van der Waals surface area contributed by atoms with Crippen LogP contribution >= 0.6 is 11.3 Å². The lowest BCUT2D eigenvalue weighted by molar-refractivity contribution is 0.483. The number of rotatable bonds is 4. The number of hydrogen-bond donors (Lipinski definition) is 1. The van der Waals surface area contributed by atoms with E-state index < -0.39 is 0 Å².